The third kappa shape index (κ3) is 6.03. The predicted molar refractivity (Wildman–Crippen MR) is 73.3 cm³/mol. The Hall–Kier alpha value is -0.613. The molecule has 0 aliphatic carbocycles. The van der Waals surface area contributed by atoms with Gasteiger partial charge in [0.1, 0.15) is 5.73 Å². The van der Waals surface area contributed by atoms with Crippen molar-refractivity contribution < 1.29 is 14.0 Å². The number of esters is 1. The lowest BCUT2D eigenvalue weighted by atomic mass is 10.2. The minimum atomic E-state index is -1.96. The Kier molecular flexibility index (Phi) is 7.39. The highest BCUT2D eigenvalue weighted by Gasteiger charge is 2.36. The van der Waals surface area contributed by atoms with Crippen molar-refractivity contribution in [3.8, 4) is 0 Å². The summed E-state index contributed by atoms with van der Waals surface area (Å²) in [6, 6.07) is 0. The summed E-state index contributed by atoms with van der Waals surface area (Å²) < 4.78 is 11.3. The summed E-state index contributed by atoms with van der Waals surface area (Å²) in [4.78, 5) is 11.6. The molecule has 0 radical (unpaired) electrons. The quantitative estimate of drug-likeness (QED) is 0.380. The van der Waals surface area contributed by atoms with Gasteiger partial charge in [-0.1, -0.05) is 26.3 Å². The van der Waals surface area contributed by atoms with Gasteiger partial charge in [0.05, 0.1) is 0 Å². The molecule has 0 spiro atoms. The van der Waals surface area contributed by atoms with Crippen molar-refractivity contribution in [3.63, 3.8) is 0 Å². The van der Waals surface area contributed by atoms with E-state index in [1.807, 2.05) is 6.92 Å². The van der Waals surface area contributed by atoms with Crippen LogP contribution in [-0.2, 0) is 14.0 Å². The molecule has 0 bridgehead atoms. The molecule has 0 fully saturated rings. The molecule has 0 amide bonds. The molecule has 0 rings (SSSR count). The van der Waals surface area contributed by atoms with E-state index in [9.17, 15) is 4.79 Å². The molecule has 3 nitrogen and oxygen atoms in total. The van der Waals surface area contributed by atoms with Gasteiger partial charge in [-0.25, -0.2) is 4.79 Å². The topological polar surface area (TPSA) is 35.5 Å². The molecule has 4 heteroatoms. The van der Waals surface area contributed by atoms with E-state index < -0.39 is 8.32 Å². The first kappa shape index (κ1) is 16.4. The van der Waals surface area contributed by atoms with Gasteiger partial charge in [-0.2, -0.15) is 0 Å². The summed E-state index contributed by atoms with van der Waals surface area (Å²) in [6.45, 7) is 14.3. The number of hydrogen-bond acceptors (Lipinski definition) is 3. The monoisotopic (exact) mass is 258 g/mol. The molecule has 100 valence electrons. The van der Waals surface area contributed by atoms with Crippen LogP contribution in [-0.4, -0.2) is 26.6 Å². The number of ether oxygens (including phenoxy) is 1. The second-order valence-corrected chi connectivity index (χ2v) is 8.99. The molecule has 0 saturated carbocycles. The maximum Gasteiger partial charge on any atom is 0.333 e. The lowest BCUT2D eigenvalue weighted by Crippen LogP contribution is -2.47. The van der Waals surface area contributed by atoms with Gasteiger partial charge in [0.2, 0.25) is 8.32 Å². The molecule has 0 N–H and O–H groups in total. The Morgan fingerprint density at radius 1 is 1.35 bits per heavy atom. The van der Waals surface area contributed by atoms with E-state index in [1.165, 1.54) is 0 Å². The van der Waals surface area contributed by atoms with Gasteiger partial charge >= 0.3 is 5.97 Å². The molecule has 0 saturated heterocycles. The zero-order valence-electron chi connectivity index (χ0n) is 11.8. The van der Waals surface area contributed by atoms with Crippen molar-refractivity contribution in [2.75, 3.05) is 6.61 Å². The van der Waals surface area contributed by atoms with Gasteiger partial charge < -0.3 is 9.16 Å². The predicted octanol–water partition coefficient (Wildman–Crippen LogP) is 3.45. The van der Waals surface area contributed by atoms with Gasteiger partial charge in [0.15, 0.2) is 0 Å². The van der Waals surface area contributed by atoms with Crippen molar-refractivity contribution in [3.05, 3.63) is 12.2 Å². The van der Waals surface area contributed by atoms with E-state index in [-0.39, 0.29) is 11.7 Å². The van der Waals surface area contributed by atoms with E-state index in [0.29, 0.717) is 12.2 Å². The smallest absolute Gasteiger partial charge is 0.333 e. The van der Waals surface area contributed by atoms with E-state index >= 15 is 0 Å². The average molecular weight is 258 g/mol. The minimum Gasteiger partial charge on any atom is -0.460 e. The van der Waals surface area contributed by atoms with Crippen LogP contribution in [0.5, 0.6) is 0 Å². The third-order valence-electron chi connectivity index (χ3n) is 2.71. The fraction of sp³-hybridized carbons (Fsp3) is 0.769. The Labute approximate surface area is 106 Å². The molecule has 0 aromatic heterocycles. The van der Waals surface area contributed by atoms with Crippen LogP contribution in [0.1, 0.15) is 40.0 Å². The molecular weight excluding hydrogens is 232 g/mol. The summed E-state index contributed by atoms with van der Waals surface area (Å²) in [7, 11) is -1.96. The van der Waals surface area contributed by atoms with Crippen LogP contribution in [0, 0.1) is 0 Å². The third-order valence-corrected chi connectivity index (χ3v) is 5.70. The largest absolute Gasteiger partial charge is 0.460 e. The van der Waals surface area contributed by atoms with Crippen molar-refractivity contribution >= 4 is 14.3 Å². The molecule has 0 aliphatic rings. The molecule has 0 heterocycles. The Bertz CT molecular complexity index is 261. The summed E-state index contributed by atoms with van der Waals surface area (Å²) in [5.74, 6) is -0.300. The van der Waals surface area contributed by atoms with Crippen LogP contribution in [0.25, 0.3) is 0 Å². The standard InChI is InChI=1S/C13H26O3Si/c1-7-9-10-12(16-13(14)11(3)4)17(5,6)15-8-2/h12H,3,7-10H2,1-2,4-6H3. The lowest BCUT2D eigenvalue weighted by molar-refractivity contribution is -0.141. The molecule has 0 aromatic rings. The maximum atomic E-state index is 11.6. The van der Waals surface area contributed by atoms with Gasteiger partial charge in [0, 0.05) is 12.2 Å². The van der Waals surface area contributed by atoms with Gasteiger partial charge in [-0.05, 0) is 33.4 Å². The number of carbonyl (C=O) groups is 1. The molecule has 1 unspecified atom stereocenters. The van der Waals surface area contributed by atoms with Crippen LogP contribution in [0.2, 0.25) is 13.1 Å². The first-order valence-corrected chi connectivity index (χ1v) is 9.34. The van der Waals surface area contributed by atoms with Gasteiger partial charge in [0.25, 0.3) is 0 Å². The summed E-state index contributed by atoms with van der Waals surface area (Å²) >= 11 is 0. The number of unbranched alkanes of at least 4 members (excludes halogenated alkanes) is 1. The second kappa shape index (κ2) is 7.66. The van der Waals surface area contributed by atoms with Gasteiger partial charge in [-0.3, -0.25) is 0 Å². The van der Waals surface area contributed by atoms with Crippen LogP contribution in [0.15, 0.2) is 12.2 Å². The lowest BCUT2D eigenvalue weighted by Gasteiger charge is -2.31. The van der Waals surface area contributed by atoms with Crippen molar-refractivity contribution in [2.45, 2.75) is 58.9 Å². The van der Waals surface area contributed by atoms with Crippen LogP contribution in [0.3, 0.4) is 0 Å². The average Bonchev–Trinajstić information content (AvgIpc) is 2.23. The minimum absolute atomic E-state index is 0.0772. The summed E-state index contributed by atoms with van der Waals surface area (Å²) in [6.07, 6.45) is 3.03. The highest BCUT2D eigenvalue weighted by atomic mass is 28.4. The first-order valence-electron chi connectivity index (χ1n) is 6.35. The zero-order chi connectivity index (χ0) is 13.5. The van der Waals surface area contributed by atoms with Gasteiger partial charge in [-0.15, -0.1) is 0 Å². The molecule has 17 heavy (non-hydrogen) atoms. The number of hydrogen-bond donors (Lipinski definition) is 0. The highest BCUT2D eigenvalue weighted by Crippen LogP contribution is 2.20. The SMILES string of the molecule is C=C(C)C(=O)OC(CCCC)[Si](C)(C)OCC. The van der Waals surface area contributed by atoms with E-state index in [4.69, 9.17) is 9.16 Å². The zero-order valence-corrected chi connectivity index (χ0v) is 12.8. The van der Waals surface area contributed by atoms with Crippen molar-refractivity contribution in [2.24, 2.45) is 0 Å². The molecule has 0 aliphatic heterocycles. The normalized spacial score (nSPS) is 13.2. The molecular formula is C13H26O3Si. The van der Waals surface area contributed by atoms with E-state index in [1.54, 1.807) is 6.92 Å². The maximum absolute atomic E-state index is 11.6. The van der Waals surface area contributed by atoms with E-state index in [2.05, 4.69) is 26.6 Å². The fourth-order valence-corrected chi connectivity index (χ4v) is 3.85. The first-order chi connectivity index (χ1) is 7.85. The number of carbonyl (C=O) groups excluding carboxylic acids is 1. The molecule has 1 atom stereocenters. The second-order valence-electron chi connectivity index (χ2n) is 4.85. The van der Waals surface area contributed by atoms with Crippen molar-refractivity contribution in [1.29, 1.82) is 0 Å². The molecule has 0 aromatic carbocycles. The summed E-state index contributed by atoms with van der Waals surface area (Å²) in [5, 5.41) is 0. The summed E-state index contributed by atoms with van der Waals surface area (Å²) in [5.41, 5.74) is 0.374. The fourth-order valence-electron chi connectivity index (χ4n) is 1.63. The van der Waals surface area contributed by atoms with Crippen LogP contribution in [0.4, 0.5) is 0 Å². The van der Waals surface area contributed by atoms with Crippen molar-refractivity contribution in [1.82, 2.24) is 0 Å². The van der Waals surface area contributed by atoms with E-state index in [0.717, 1.165) is 19.3 Å². The Balaban J connectivity index is 4.62. The number of rotatable bonds is 8. The van der Waals surface area contributed by atoms with Crippen LogP contribution < -0.4 is 0 Å². The highest BCUT2D eigenvalue weighted by molar-refractivity contribution is 6.72. The van der Waals surface area contributed by atoms with Crippen LogP contribution >= 0.6 is 0 Å². The Morgan fingerprint density at radius 2 is 1.94 bits per heavy atom. The Morgan fingerprint density at radius 3 is 2.35 bits per heavy atom.